The molecule has 2 unspecified atom stereocenters. The van der Waals surface area contributed by atoms with Crippen LogP contribution in [0.3, 0.4) is 0 Å². The minimum atomic E-state index is -3.51. The highest BCUT2D eigenvalue weighted by molar-refractivity contribution is 7.89. The van der Waals surface area contributed by atoms with Gasteiger partial charge in [0.05, 0.1) is 23.7 Å². The molecule has 20 heavy (non-hydrogen) atoms. The minimum Gasteiger partial charge on any atom is -0.392 e. The highest BCUT2D eigenvalue weighted by Gasteiger charge is 2.39. The van der Waals surface area contributed by atoms with Crippen LogP contribution >= 0.6 is 0 Å². The molecular weight excluding hydrogens is 278 g/mol. The van der Waals surface area contributed by atoms with Crippen molar-refractivity contribution in [1.29, 1.82) is 0 Å². The predicted molar refractivity (Wildman–Crippen MR) is 73.8 cm³/mol. The summed E-state index contributed by atoms with van der Waals surface area (Å²) in [5, 5.41) is 9.19. The molecule has 2 saturated heterocycles. The molecule has 0 saturated carbocycles. The SMILES string of the molecule is Cc1ccc(CO)cc1S(=O)(=O)N1CC2CCC(C1)O2. The van der Waals surface area contributed by atoms with Gasteiger partial charge in [-0.2, -0.15) is 4.31 Å². The zero-order valence-electron chi connectivity index (χ0n) is 11.4. The van der Waals surface area contributed by atoms with E-state index in [9.17, 15) is 13.5 Å². The third-order valence-electron chi connectivity index (χ3n) is 4.06. The Hall–Kier alpha value is -0.950. The van der Waals surface area contributed by atoms with Crippen LogP contribution in [0, 0.1) is 6.92 Å². The van der Waals surface area contributed by atoms with Crippen molar-refractivity contribution < 1.29 is 18.3 Å². The zero-order valence-corrected chi connectivity index (χ0v) is 12.3. The fraction of sp³-hybridized carbons (Fsp3) is 0.571. The summed E-state index contributed by atoms with van der Waals surface area (Å²) in [4.78, 5) is 0.297. The summed E-state index contributed by atoms with van der Waals surface area (Å²) in [7, 11) is -3.51. The molecule has 0 radical (unpaired) electrons. The third-order valence-corrected chi connectivity index (χ3v) is 6.04. The summed E-state index contributed by atoms with van der Waals surface area (Å²) in [6.07, 6.45) is 1.94. The molecule has 6 heteroatoms. The highest BCUT2D eigenvalue weighted by Crippen LogP contribution is 2.31. The molecule has 0 spiro atoms. The number of hydrogen-bond donors (Lipinski definition) is 1. The Morgan fingerprint density at radius 2 is 1.95 bits per heavy atom. The van der Waals surface area contributed by atoms with Crippen molar-refractivity contribution in [3.63, 3.8) is 0 Å². The Kier molecular flexibility index (Phi) is 3.58. The fourth-order valence-electron chi connectivity index (χ4n) is 2.93. The molecule has 2 atom stereocenters. The number of benzene rings is 1. The smallest absolute Gasteiger partial charge is 0.243 e. The zero-order chi connectivity index (χ0) is 14.3. The molecule has 0 aliphatic carbocycles. The van der Waals surface area contributed by atoms with Crippen LogP contribution in [0.2, 0.25) is 0 Å². The number of rotatable bonds is 3. The molecular formula is C14H19NO4S. The molecule has 2 fully saturated rings. The van der Waals surface area contributed by atoms with Gasteiger partial charge in [-0.15, -0.1) is 0 Å². The lowest BCUT2D eigenvalue weighted by Gasteiger charge is -2.31. The molecule has 1 aromatic rings. The van der Waals surface area contributed by atoms with Gasteiger partial charge in [0.15, 0.2) is 0 Å². The first-order valence-corrected chi connectivity index (χ1v) is 8.30. The number of ether oxygens (including phenoxy) is 1. The summed E-state index contributed by atoms with van der Waals surface area (Å²) >= 11 is 0. The van der Waals surface area contributed by atoms with E-state index in [1.165, 1.54) is 4.31 Å². The van der Waals surface area contributed by atoms with Gasteiger partial charge in [-0.25, -0.2) is 8.42 Å². The Balaban J connectivity index is 1.95. The lowest BCUT2D eigenvalue weighted by atomic mass is 10.2. The van der Waals surface area contributed by atoms with Crippen LogP contribution in [0.1, 0.15) is 24.0 Å². The molecule has 110 valence electrons. The minimum absolute atomic E-state index is 0.0323. The van der Waals surface area contributed by atoms with Crippen LogP contribution in [0.4, 0.5) is 0 Å². The van der Waals surface area contributed by atoms with Crippen molar-refractivity contribution in [2.24, 2.45) is 0 Å². The molecule has 3 rings (SSSR count). The first kappa shape index (κ1) is 14.0. The summed E-state index contributed by atoms with van der Waals surface area (Å²) < 4.78 is 32.8. The second-order valence-corrected chi connectivity index (χ2v) is 7.44. The van der Waals surface area contributed by atoms with E-state index in [2.05, 4.69) is 0 Å². The Bertz CT molecular complexity index is 602. The summed E-state index contributed by atoms with van der Waals surface area (Å²) in [6.45, 7) is 2.49. The van der Waals surface area contributed by atoms with Gasteiger partial charge in [-0.1, -0.05) is 12.1 Å². The van der Waals surface area contributed by atoms with E-state index in [1.807, 2.05) is 0 Å². The Morgan fingerprint density at radius 1 is 1.30 bits per heavy atom. The van der Waals surface area contributed by atoms with Crippen molar-refractivity contribution in [2.75, 3.05) is 13.1 Å². The second-order valence-electron chi connectivity index (χ2n) is 5.54. The van der Waals surface area contributed by atoms with Crippen molar-refractivity contribution in [3.8, 4) is 0 Å². The summed E-state index contributed by atoms with van der Waals surface area (Å²) in [5.41, 5.74) is 1.33. The van der Waals surface area contributed by atoms with E-state index in [-0.39, 0.29) is 18.8 Å². The van der Waals surface area contributed by atoms with E-state index in [1.54, 1.807) is 25.1 Å². The fourth-order valence-corrected chi connectivity index (χ4v) is 4.71. The highest BCUT2D eigenvalue weighted by atomic mass is 32.2. The first-order valence-electron chi connectivity index (χ1n) is 6.86. The standard InChI is InChI=1S/C14H19NO4S/c1-10-2-3-11(9-16)6-14(10)20(17,18)15-7-12-4-5-13(8-15)19-12/h2-3,6,12-13,16H,4-5,7-9H2,1H3. The number of hydrogen-bond acceptors (Lipinski definition) is 4. The van der Waals surface area contributed by atoms with Gasteiger partial charge in [0, 0.05) is 13.1 Å². The van der Waals surface area contributed by atoms with Crippen molar-refractivity contribution in [3.05, 3.63) is 29.3 Å². The van der Waals surface area contributed by atoms with Gasteiger partial charge >= 0.3 is 0 Å². The quantitative estimate of drug-likeness (QED) is 0.905. The van der Waals surface area contributed by atoms with Gasteiger partial charge in [0.25, 0.3) is 0 Å². The number of aryl methyl sites for hydroxylation is 1. The summed E-state index contributed by atoms with van der Waals surface area (Å²) in [6, 6.07) is 5.06. The van der Waals surface area contributed by atoms with Crippen molar-refractivity contribution >= 4 is 10.0 Å². The number of aliphatic hydroxyl groups is 1. The molecule has 2 aliphatic rings. The molecule has 1 N–H and O–H groups in total. The van der Waals surface area contributed by atoms with Gasteiger partial charge < -0.3 is 9.84 Å². The number of morpholine rings is 1. The molecule has 1 aromatic carbocycles. The van der Waals surface area contributed by atoms with E-state index in [0.717, 1.165) is 12.8 Å². The average Bonchev–Trinajstić information content (AvgIpc) is 2.77. The lowest BCUT2D eigenvalue weighted by molar-refractivity contribution is -0.0114. The van der Waals surface area contributed by atoms with Gasteiger partial charge in [-0.3, -0.25) is 0 Å². The van der Waals surface area contributed by atoms with Crippen LogP contribution in [0.25, 0.3) is 0 Å². The first-order chi connectivity index (χ1) is 9.50. The number of nitrogens with zero attached hydrogens (tertiary/aromatic N) is 1. The van der Waals surface area contributed by atoms with Crippen LogP contribution in [0.5, 0.6) is 0 Å². The topological polar surface area (TPSA) is 66.8 Å². The van der Waals surface area contributed by atoms with Gasteiger partial charge in [0.2, 0.25) is 10.0 Å². The maximum absolute atomic E-state index is 12.8. The van der Waals surface area contributed by atoms with Crippen LogP contribution in [-0.4, -0.2) is 43.1 Å². The second kappa shape index (κ2) is 5.11. The number of sulfonamides is 1. The van der Waals surface area contributed by atoms with Crippen LogP contribution < -0.4 is 0 Å². The lowest BCUT2D eigenvalue weighted by Crippen LogP contribution is -2.45. The maximum Gasteiger partial charge on any atom is 0.243 e. The Morgan fingerprint density at radius 3 is 2.55 bits per heavy atom. The van der Waals surface area contributed by atoms with E-state index in [0.29, 0.717) is 29.1 Å². The molecule has 0 aromatic heterocycles. The number of aliphatic hydroxyl groups excluding tert-OH is 1. The van der Waals surface area contributed by atoms with Gasteiger partial charge in [0.1, 0.15) is 0 Å². The molecule has 2 heterocycles. The Labute approximate surface area is 119 Å². The largest absolute Gasteiger partial charge is 0.392 e. The van der Waals surface area contributed by atoms with Crippen molar-refractivity contribution in [2.45, 2.75) is 43.5 Å². The third kappa shape index (κ3) is 2.37. The molecule has 5 nitrogen and oxygen atoms in total. The maximum atomic E-state index is 12.8. The normalized spacial score (nSPS) is 26.9. The van der Waals surface area contributed by atoms with Crippen LogP contribution in [-0.2, 0) is 21.4 Å². The predicted octanol–water partition coefficient (Wildman–Crippen LogP) is 1.04. The van der Waals surface area contributed by atoms with E-state index in [4.69, 9.17) is 4.74 Å². The van der Waals surface area contributed by atoms with E-state index >= 15 is 0 Å². The van der Waals surface area contributed by atoms with E-state index < -0.39 is 10.0 Å². The van der Waals surface area contributed by atoms with Gasteiger partial charge in [-0.05, 0) is 37.0 Å². The molecule has 2 bridgehead atoms. The number of fused-ring (bicyclic) bond motifs is 2. The molecule has 2 aliphatic heterocycles. The van der Waals surface area contributed by atoms with Crippen LogP contribution in [0.15, 0.2) is 23.1 Å². The summed E-state index contributed by atoms with van der Waals surface area (Å²) in [5.74, 6) is 0. The molecule has 0 amide bonds. The monoisotopic (exact) mass is 297 g/mol. The van der Waals surface area contributed by atoms with Crippen molar-refractivity contribution in [1.82, 2.24) is 4.31 Å². The average molecular weight is 297 g/mol.